The van der Waals surface area contributed by atoms with Gasteiger partial charge in [0.1, 0.15) is 0 Å². The minimum atomic E-state index is -0.186. The second-order valence-electron chi connectivity index (χ2n) is 8.64. The Hall–Kier alpha value is -2.45. The molecule has 0 radical (unpaired) electrons. The number of nitrogens with zero attached hydrogens (tertiary/aromatic N) is 4. The highest BCUT2D eigenvalue weighted by Crippen LogP contribution is 2.54. The van der Waals surface area contributed by atoms with E-state index in [-0.39, 0.29) is 23.2 Å². The molecule has 4 atom stereocenters. The number of ether oxygens (including phenoxy) is 1. The zero-order valence-corrected chi connectivity index (χ0v) is 16.7. The SMILES string of the molecule is Cn1ccc(C(=O)NC[C@H]2[C@H]3CN(CCn4ccnc4)C[C@]34CC[C@H]2O4)cc1=O. The summed E-state index contributed by atoms with van der Waals surface area (Å²) in [5, 5.41) is 3.05. The van der Waals surface area contributed by atoms with Crippen molar-refractivity contribution in [2.24, 2.45) is 18.9 Å². The topological polar surface area (TPSA) is 81.4 Å². The van der Waals surface area contributed by atoms with E-state index in [4.69, 9.17) is 4.74 Å². The monoisotopic (exact) mass is 397 g/mol. The van der Waals surface area contributed by atoms with E-state index in [1.807, 2.05) is 18.7 Å². The van der Waals surface area contributed by atoms with Gasteiger partial charge in [-0.1, -0.05) is 0 Å². The lowest BCUT2D eigenvalue weighted by Gasteiger charge is -2.29. The van der Waals surface area contributed by atoms with E-state index in [9.17, 15) is 9.59 Å². The van der Waals surface area contributed by atoms with Crippen LogP contribution in [0.4, 0.5) is 0 Å². The van der Waals surface area contributed by atoms with Crippen molar-refractivity contribution >= 4 is 5.91 Å². The molecule has 0 saturated carbocycles. The summed E-state index contributed by atoms with van der Waals surface area (Å²) >= 11 is 0. The van der Waals surface area contributed by atoms with Crippen molar-refractivity contribution in [1.82, 2.24) is 24.3 Å². The minimum Gasteiger partial charge on any atom is -0.370 e. The van der Waals surface area contributed by atoms with Gasteiger partial charge in [-0.25, -0.2) is 4.98 Å². The van der Waals surface area contributed by atoms with Gasteiger partial charge < -0.3 is 19.2 Å². The second-order valence-corrected chi connectivity index (χ2v) is 8.64. The van der Waals surface area contributed by atoms with Crippen LogP contribution in [0.15, 0.2) is 41.8 Å². The van der Waals surface area contributed by atoms with Crippen LogP contribution in [0.3, 0.4) is 0 Å². The summed E-state index contributed by atoms with van der Waals surface area (Å²) in [7, 11) is 1.68. The predicted octanol–water partition coefficient (Wildman–Crippen LogP) is 0.491. The van der Waals surface area contributed by atoms with Gasteiger partial charge in [0.25, 0.3) is 11.5 Å². The van der Waals surface area contributed by atoms with Gasteiger partial charge in [-0.3, -0.25) is 14.5 Å². The Morgan fingerprint density at radius 3 is 3.07 bits per heavy atom. The van der Waals surface area contributed by atoms with Crippen LogP contribution in [0, 0.1) is 11.8 Å². The number of hydrogen-bond acceptors (Lipinski definition) is 5. The Morgan fingerprint density at radius 1 is 1.38 bits per heavy atom. The van der Waals surface area contributed by atoms with E-state index in [0.717, 1.165) is 39.0 Å². The normalized spacial score (nSPS) is 30.6. The van der Waals surface area contributed by atoms with Crippen LogP contribution in [0.2, 0.25) is 0 Å². The van der Waals surface area contributed by atoms with Crippen LogP contribution in [0.25, 0.3) is 0 Å². The first-order valence-electron chi connectivity index (χ1n) is 10.3. The fourth-order valence-electron chi connectivity index (χ4n) is 5.41. The van der Waals surface area contributed by atoms with Gasteiger partial charge in [0.2, 0.25) is 0 Å². The molecule has 3 saturated heterocycles. The van der Waals surface area contributed by atoms with Crippen LogP contribution in [-0.4, -0.2) is 62.8 Å². The maximum atomic E-state index is 12.5. The standard InChI is InChI=1S/C21H27N5O3/c1-24-6-3-15(10-19(24)27)20(28)23-11-16-17-12-26(9-8-25-7-5-22-14-25)13-21(17)4-2-18(16)29-21/h3,5-7,10,14,16-18H,2,4,8-9,11-13H2,1H3,(H,23,28)/t16-,17+,18+,21+/m0/s1. The molecule has 154 valence electrons. The Morgan fingerprint density at radius 2 is 2.28 bits per heavy atom. The van der Waals surface area contributed by atoms with Crippen molar-refractivity contribution in [3.05, 3.63) is 53.0 Å². The van der Waals surface area contributed by atoms with Crippen molar-refractivity contribution in [3.63, 3.8) is 0 Å². The quantitative estimate of drug-likeness (QED) is 0.767. The zero-order chi connectivity index (χ0) is 20.0. The molecule has 2 aromatic heterocycles. The molecule has 2 aromatic rings. The van der Waals surface area contributed by atoms with Gasteiger partial charge >= 0.3 is 0 Å². The number of aryl methyl sites for hydroxylation is 1. The van der Waals surface area contributed by atoms with Crippen molar-refractivity contribution in [1.29, 1.82) is 0 Å². The summed E-state index contributed by atoms with van der Waals surface area (Å²) in [6.45, 7) is 4.49. The molecule has 5 heterocycles. The molecular weight excluding hydrogens is 370 g/mol. The van der Waals surface area contributed by atoms with Crippen LogP contribution >= 0.6 is 0 Å². The van der Waals surface area contributed by atoms with Crippen molar-refractivity contribution in [2.75, 3.05) is 26.2 Å². The van der Waals surface area contributed by atoms with E-state index in [0.29, 0.717) is 23.9 Å². The minimum absolute atomic E-state index is 0.0440. The summed E-state index contributed by atoms with van der Waals surface area (Å²) in [6.07, 6.45) is 9.70. The number of pyridine rings is 1. The van der Waals surface area contributed by atoms with Gasteiger partial charge in [-0.05, 0) is 18.9 Å². The third kappa shape index (κ3) is 3.30. The van der Waals surface area contributed by atoms with Gasteiger partial charge in [-0.15, -0.1) is 0 Å². The molecule has 3 aliphatic rings. The Bertz CT molecular complexity index is 955. The highest BCUT2D eigenvalue weighted by atomic mass is 16.5. The summed E-state index contributed by atoms with van der Waals surface area (Å²) in [5.74, 6) is 0.597. The number of likely N-dealkylation sites (tertiary alicyclic amines) is 1. The third-order valence-electron chi connectivity index (χ3n) is 6.95. The molecule has 3 aliphatic heterocycles. The Labute approximate surface area is 169 Å². The average Bonchev–Trinajstić information content (AvgIpc) is 3.47. The summed E-state index contributed by atoms with van der Waals surface area (Å²) in [5.41, 5.74) is 0.196. The maximum absolute atomic E-state index is 12.5. The highest BCUT2D eigenvalue weighted by molar-refractivity contribution is 5.93. The first-order chi connectivity index (χ1) is 14.0. The van der Waals surface area contributed by atoms with Crippen LogP contribution in [-0.2, 0) is 18.3 Å². The van der Waals surface area contributed by atoms with Crippen LogP contribution < -0.4 is 10.9 Å². The number of carbonyl (C=O) groups is 1. The molecule has 1 N–H and O–H groups in total. The number of amides is 1. The Kier molecular flexibility index (Phi) is 4.55. The number of hydrogen-bond donors (Lipinski definition) is 1. The number of fused-ring (bicyclic) bond motifs is 1. The average molecular weight is 397 g/mol. The molecule has 0 unspecified atom stereocenters. The lowest BCUT2D eigenvalue weighted by Crippen LogP contribution is -2.42. The van der Waals surface area contributed by atoms with Gasteiger partial charge in [0, 0.05) is 81.8 Å². The zero-order valence-electron chi connectivity index (χ0n) is 16.7. The van der Waals surface area contributed by atoms with Crippen molar-refractivity contribution in [2.45, 2.75) is 31.1 Å². The second kappa shape index (κ2) is 7.11. The molecule has 0 aromatic carbocycles. The summed E-state index contributed by atoms with van der Waals surface area (Å²) in [4.78, 5) is 30.9. The molecule has 8 nitrogen and oxygen atoms in total. The van der Waals surface area contributed by atoms with Gasteiger partial charge in [0.15, 0.2) is 0 Å². The maximum Gasteiger partial charge on any atom is 0.251 e. The van der Waals surface area contributed by atoms with E-state index in [2.05, 4.69) is 19.8 Å². The van der Waals surface area contributed by atoms with E-state index < -0.39 is 0 Å². The van der Waals surface area contributed by atoms with E-state index in [1.54, 1.807) is 19.3 Å². The number of rotatable bonds is 6. The fourth-order valence-corrected chi connectivity index (χ4v) is 5.41. The van der Waals surface area contributed by atoms with Gasteiger partial charge in [0.05, 0.1) is 18.0 Å². The number of carbonyl (C=O) groups excluding carboxylic acids is 1. The molecular formula is C21H27N5O3. The molecule has 1 spiro atoms. The first-order valence-corrected chi connectivity index (χ1v) is 10.3. The van der Waals surface area contributed by atoms with Crippen LogP contribution in [0.5, 0.6) is 0 Å². The highest BCUT2D eigenvalue weighted by Gasteiger charge is 2.62. The lowest BCUT2D eigenvalue weighted by atomic mass is 9.73. The smallest absolute Gasteiger partial charge is 0.251 e. The molecule has 8 heteroatoms. The first kappa shape index (κ1) is 18.6. The number of nitrogens with one attached hydrogen (secondary N) is 1. The summed E-state index contributed by atoms with van der Waals surface area (Å²) < 4.78 is 10.0. The van der Waals surface area contributed by atoms with Gasteiger partial charge in [-0.2, -0.15) is 0 Å². The molecule has 0 aliphatic carbocycles. The predicted molar refractivity (Wildman–Crippen MR) is 107 cm³/mol. The molecule has 5 rings (SSSR count). The number of imidazole rings is 1. The molecule has 3 fully saturated rings. The van der Waals surface area contributed by atoms with E-state index in [1.165, 1.54) is 10.6 Å². The fraction of sp³-hybridized carbons (Fsp3) is 0.571. The van der Waals surface area contributed by atoms with Crippen molar-refractivity contribution < 1.29 is 9.53 Å². The molecule has 2 bridgehead atoms. The largest absolute Gasteiger partial charge is 0.370 e. The summed E-state index contributed by atoms with van der Waals surface area (Å²) in [6, 6.07) is 3.07. The molecule has 29 heavy (non-hydrogen) atoms. The van der Waals surface area contributed by atoms with Crippen LogP contribution in [0.1, 0.15) is 23.2 Å². The Balaban J connectivity index is 1.21. The van der Waals surface area contributed by atoms with Crippen molar-refractivity contribution in [3.8, 4) is 0 Å². The lowest BCUT2D eigenvalue weighted by molar-refractivity contribution is 0.00254. The number of aromatic nitrogens is 3. The van der Waals surface area contributed by atoms with E-state index >= 15 is 0 Å². The molecule has 1 amide bonds. The third-order valence-corrected chi connectivity index (χ3v) is 6.95.